The predicted octanol–water partition coefficient (Wildman–Crippen LogP) is 1.07. The number of hydrogen-bond donors (Lipinski definition) is 2. The van der Waals surface area contributed by atoms with Crippen molar-refractivity contribution in [3.8, 4) is 0 Å². The summed E-state index contributed by atoms with van der Waals surface area (Å²) in [5.41, 5.74) is 2.78. The molecule has 0 aliphatic heterocycles. The highest BCUT2D eigenvalue weighted by Crippen LogP contribution is 2.25. The third-order valence-corrected chi connectivity index (χ3v) is 1.65. The van der Waals surface area contributed by atoms with Crippen LogP contribution in [-0.2, 0) is 0 Å². The second kappa shape index (κ2) is 3.01. The molecule has 3 N–H and O–H groups in total. The fourth-order valence-electron chi connectivity index (χ4n) is 0.450. The van der Waals surface area contributed by atoms with Crippen molar-refractivity contribution in [2.24, 2.45) is 5.84 Å². The van der Waals surface area contributed by atoms with Crippen molar-refractivity contribution in [3.63, 3.8) is 0 Å². The van der Waals surface area contributed by atoms with Crippen molar-refractivity contribution in [2.45, 2.75) is 0 Å². The lowest BCUT2D eigenvalue weighted by atomic mass is 10.5. The highest BCUT2D eigenvalue weighted by atomic mass is 35.5. The molecule has 4 nitrogen and oxygen atoms in total. The van der Waals surface area contributed by atoms with Crippen molar-refractivity contribution in [1.29, 1.82) is 0 Å². The molecule has 0 aliphatic carbocycles. The minimum Gasteiger partial charge on any atom is -0.321 e. The first kappa shape index (κ1) is 7.53. The summed E-state index contributed by atoms with van der Waals surface area (Å²) < 4.78 is 0. The van der Waals surface area contributed by atoms with E-state index in [9.17, 15) is 0 Å². The van der Waals surface area contributed by atoms with Gasteiger partial charge in [0.05, 0.1) is 11.9 Å². The maximum atomic E-state index is 5.62. The number of hydrazine groups is 1. The van der Waals surface area contributed by atoms with Crippen LogP contribution in [0.5, 0.6) is 0 Å². The molecule has 0 aliphatic rings. The van der Waals surface area contributed by atoms with Gasteiger partial charge in [-0.2, -0.15) is 5.10 Å². The highest BCUT2D eigenvalue weighted by molar-refractivity contribution is 6.42. The van der Waals surface area contributed by atoms with Gasteiger partial charge in [0.2, 0.25) is 0 Å². The van der Waals surface area contributed by atoms with Crippen LogP contribution in [0.15, 0.2) is 6.20 Å². The van der Waals surface area contributed by atoms with Crippen LogP contribution < -0.4 is 11.3 Å². The van der Waals surface area contributed by atoms with Crippen molar-refractivity contribution in [1.82, 2.24) is 10.2 Å². The first-order valence-corrected chi connectivity index (χ1v) is 3.14. The molecule has 6 heteroatoms. The molecule has 1 aromatic rings. The van der Waals surface area contributed by atoms with E-state index in [1.807, 2.05) is 0 Å². The van der Waals surface area contributed by atoms with Gasteiger partial charge < -0.3 is 5.43 Å². The molecule has 54 valence electrons. The van der Waals surface area contributed by atoms with E-state index in [1.54, 1.807) is 0 Å². The molecular weight excluding hydrogens is 175 g/mol. The van der Waals surface area contributed by atoms with E-state index in [0.29, 0.717) is 5.69 Å². The van der Waals surface area contributed by atoms with E-state index in [2.05, 4.69) is 15.6 Å². The van der Waals surface area contributed by atoms with Gasteiger partial charge in [-0.05, 0) is 0 Å². The van der Waals surface area contributed by atoms with Crippen LogP contribution in [0.2, 0.25) is 10.2 Å². The SMILES string of the molecule is NNc1cnnc(Cl)c1Cl. The smallest absolute Gasteiger partial charge is 0.172 e. The molecule has 10 heavy (non-hydrogen) atoms. The third kappa shape index (κ3) is 1.29. The quantitative estimate of drug-likeness (QED) is 0.499. The minimum absolute atomic E-state index is 0.136. The topological polar surface area (TPSA) is 63.8 Å². The van der Waals surface area contributed by atoms with Crippen LogP contribution in [-0.4, -0.2) is 10.2 Å². The zero-order valence-electron chi connectivity index (χ0n) is 4.81. The molecule has 0 radical (unpaired) electrons. The second-order valence-corrected chi connectivity index (χ2v) is 2.24. The first-order valence-electron chi connectivity index (χ1n) is 2.39. The lowest BCUT2D eigenvalue weighted by molar-refractivity contribution is 1.03. The Hall–Kier alpha value is -0.580. The fourth-order valence-corrected chi connectivity index (χ4v) is 0.736. The summed E-state index contributed by atoms with van der Waals surface area (Å²) >= 11 is 11.1. The Morgan fingerprint density at radius 1 is 1.50 bits per heavy atom. The number of rotatable bonds is 1. The molecule has 0 saturated heterocycles. The molecule has 1 heterocycles. The number of hydrogen-bond acceptors (Lipinski definition) is 4. The monoisotopic (exact) mass is 178 g/mol. The van der Waals surface area contributed by atoms with Crippen molar-refractivity contribution in [2.75, 3.05) is 5.43 Å². The number of nitrogens with zero attached hydrogens (tertiary/aromatic N) is 2. The summed E-state index contributed by atoms with van der Waals surface area (Å²) in [4.78, 5) is 0. The third-order valence-electron chi connectivity index (χ3n) is 0.905. The summed E-state index contributed by atoms with van der Waals surface area (Å²) in [6, 6.07) is 0. The van der Waals surface area contributed by atoms with E-state index in [0.717, 1.165) is 0 Å². The summed E-state index contributed by atoms with van der Waals surface area (Å²) in [6.45, 7) is 0. The number of nitrogens with two attached hydrogens (primary N) is 1. The molecule has 1 rings (SSSR count). The van der Waals surface area contributed by atoms with Gasteiger partial charge in [0.25, 0.3) is 0 Å². The maximum absolute atomic E-state index is 5.62. The van der Waals surface area contributed by atoms with Crippen LogP contribution >= 0.6 is 23.2 Å². The zero-order valence-corrected chi connectivity index (χ0v) is 6.32. The molecule has 0 unspecified atom stereocenters. The van der Waals surface area contributed by atoms with Gasteiger partial charge in [0.15, 0.2) is 5.15 Å². The van der Waals surface area contributed by atoms with E-state index < -0.39 is 0 Å². The molecule has 0 saturated carbocycles. The second-order valence-electron chi connectivity index (χ2n) is 1.51. The molecule has 0 amide bonds. The van der Waals surface area contributed by atoms with Crippen LogP contribution in [0.25, 0.3) is 0 Å². The van der Waals surface area contributed by atoms with Gasteiger partial charge in [-0.1, -0.05) is 23.2 Å². The Morgan fingerprint density at radius 3 is 2.70 bits per heavy atom. The number of nitrogens with one attached hydrogen (secondary N) is 1. The van der Waals surface area contributed by atoms with Gasteiger partial charge in [0, 0.05) is 0 Å². The Morgan fingerprint density at radius 2 is 2.20 bits per heavy atom. The van der Waals surface area contributed by atoms with Crippen LogP contribution in [0.4, 0.5) is 5.69 Å². The number of halogens is 2. The number of nitrogen functional groups attached to an aromatic ring is 1. The highest BCUT2D eigenvalue weighted by Gasteiger charge is 2.03. The van der Waals surface area contributed by atoms with Crippen molar-refractivity contribution < 1.29 is 0 Å². The maximum Gasteiger partial charge on any atom is 0.172 e. The van der Waals surface area contributed by atoms with Gasteiger partial charge in [0.1, 0.15) is 5.02 Å². The molecule has 0 atom stereocenters. The van der Waals surface area contributed by atoms with Crippen LogP contribution in [0, 0.1) is 0 Å². The summed E-state index contributed by atoms with van der Waals surface area (Å²) in [5, 5.41) is 7.40. The standard InChI is InChI=1S/C4H4Cl2N4/c5-3-2(9-7)1-8-10-4(3)6/h1H,7H2,(H,9,10). The van der Waals surface area contributed by atoms with Crippen molar-refractivity contribution >= 4 is 28.9 Å². The molecule has 1 aromatic heterocycles. The lowest BCUT2D eigenvalue weighted by Crippen LogP contribution is -2.08. The van der Waals surface area contributed by atoms with Crippen LogP contribution in [0.1, 0.15) is 0 Å². The summed E-state index contributed by atoms with van der Waals surface area (Å²) in [6.07, 6.45) is 1.38. The number of anilines is 1. The normalized spacial score (nSPS) is 9.50. The van der Waals surface area contributed by atoms with Crippen LogP contribution in [0.3, 0.4) is 0 Å². The summed E-state index contributed by atoms with van der Waals surface area (Å²) in [7, 11) is 0. The van der Waals surface area contributed by atoms with Gasteiger partial charge >= 0.3 is 0 Å². The minimum atomic E-state index is 0.136. The summed E-state index contributed by atoms with van der Waals surface area (Å²) in [5.74, 6) is 5.06. The molecule has 0 aromatic carbocycles. The Balaban J connectivity index is 3.14. The van der Waals surface area contributed by atoms with Gasteiger partial charge in [-0.3, -0.25) is 5.84 Å². The molecule has 0 spiro atoms. The molecule has 0 fully saturated rings. The fraction of sp³-hybridized carbons (Fsp3) is 0. The Labute approximate surface area is 67.3 Å². The van der Waals surface area contributed by atoms with Gasteiger partial charge in [-0.25, -0.2) is 0 Å². The van der Waals surface area contributed by atoms with E-state index in [4.69, 9.17) is 29.0 Å². The van der Waals surface area contributed by atoms with Gasteiger partial charge in [-0.15, -0.1) is 5.10 Å². The molecule has 0 bridgehead atoms. The van der Waals surface area contributed by atoms with E-state index in [1.165, 1.54) is 6.20 Å². The Bertz CT molecular complexity index is 239. The Kier molecular flexibility index (Phi) is 2.26. The lowest BCUT2D eigenvalue weighted by Gasteiger charge is -2.00. The van der Waals surface area contributed by atoms with E-state index in [-0.39, 0.29) is 10.2 Å². The largest absolute Gasteiger partial charge is 0.321 e. The first-order chi connectivity index (χ1) is 4.75. The predicted molar refractivity (Wildman–Crippen MR) is 39.9 cm³/mol. The zero-order chi connectivity index (χ0) is 7.56. The average Bonchev–Trinajstić information content (AvgIpc) is 1.95. The van der Waals surface area contributed by atoms with E-state index >= 15 is 0 Å². The molecular formula is C4H4Cl2N4. The average molecular weight is 179 g/mol. The van der Waals surface area contributed by atoms with Crippen molar-refractivity contribution in [3.05, 3.63) is 16.4 Å². The number of aromatic nitrogens is 2.